The van der Waals surface area contributed by atoms with Crippen LogP contribution in [0.4, 0.5) is 13.2 Å². The van der Waals surface area contributed by atoms with Crippen LogP contribution in [0.5, 0.6) is 0 Å². The Morgan fingerprint density at radius 1 is 1.37 bits per heavy atom. The Hall–Kier alpha value is -2.00. The molecular formula is C12H7ClF3N3. The van der Waals surface area contributed by atoms with Crippen molar-refractivity contribution >= 4 is 11.6 Å². The molecule has 0 fully saturated rings. The molecule has 1 aromatic carbocycles. The first-order chi connectivity index (χ1) is 8.90. The minimum atomic E-state index is -4.41. The molecule has 0 bridgehead atoms. The van der Waals surface area contributed by atoms with Crippen molar-refractivity contribution < 1.29 is 13.2 Å². The van der Waals surface area contributed by atoms with E-state index in [-0.39, 0.29) is 6.54 Å². The van der Waals surface area contributed by atoms with Crippen LogP contribution in [-0.4, -0.2) is 9.78 Å². The van der Waals surface area contributed by atoms with E-state index in [9.17, 15) is 13.2 Å². The molecule has 98 valence electrons. The van der Waals surface area contributed by atoms with Gasteiger partial charge in [-0.1, -0.05) is 17.7 Å². The highest BCUT2D eigenvalue weighted by Gasteiger charge is 2.32. The summed E-state index contributed by atoms with van der Waals surface area (Å²) in [5.41, 5.74) is 0.181. The second-order valence-corrected chi connectivity index (χ2v) is 4.25. The molecule has 3 nitrogen and oxygen atoms in total. The molecule has 2 aromatic rings. The number of alkyl halides is 3. The number of aromatic nitrogens is 2. The van der Waals surface area contributed by atoms with E-state index in [4.69, 9.17) is 16.9 Å². The summed E-state index contributed by atoms with van der Waals surface area (Å²) in [6.45, 7) is 0.112. The zero-order valence-electron chi connectivity index (χ0n) is 9.45. The summed E-state index contributed by atoms with van der Waals surface area (Å²) in [6.07, 6.45) is -2.74. The molecule has 1 aromatic heterocycles. The lowest BCUT2D eigenvalue weighted by Crippen LogP contribution is -2.04. The second-order valence-electron chi connectivity index (χ2n) is 3.84. The van der Waals surface area contributed by atoms with Gasteiger partial charge in [0, 0.05) is 11.2 Å². The van der Waals surface area contributed by atoms with Crippen molar-refractivity contribution in [2.75, 3.05) is 0 Å². The van der Waals surface area contributed by atoms with E-state index in [1.807, 2.05) is 6.07 Å². The average Bonchev–Trinajstić information content (AvgIpc) is 2.80. The molecular weight excluding hydrogens is 279 g/mol. The van der Waals surface area contributed by atoms with Gasteiger partial charge in [0.1, 0.15) is 0 Å². The van der Waals surface area contributed by atoms with Gasteiger partial charge in [0.2, 0.25) is 0 Å². The molecule has 0 aliphatic heterocycles. The van der Waals surface area contributed by atoms with E-state index < -0.39 is 11.7 Å². The van der Waals surface area contributed by atoms with Gasteiger partial charge in [0.05, 0.1) is 29.9 Å². The van der Waals surface area contributed by atoms with Gasteiger partial charge in [-0.15, -0.1) is 0 Å². The fraction of sp³-hybridized carbons (Fsp3) is 0.167. The van der Waals surface area contributed by atoms with Gasteiger partial charge in [-0.25, -0.2) is 0 Å². The van der Waals surface area contributed by atoms with Crippen LogP contribution >= 0.6 is 11.6 Å². The van der Waals surface area contributed by atoms with E-state index in [0.29, 0.717) is 16.1 Å². The standard InChI is InChI=1S/C12H7ClF3N3/c13-11-3-8(4-17)1-2-9(11)6-19-7-10(5-18-19)12(14,15)16/h1-3,5,7H,6H2. The summed E-state index contributed by atoms with van der Waals surface area (Å²) >= 11 is 5.94. The number of nitrogens with zero attached hydrogens (tertiary/aromatic N) is 3. The van der Waals surface area contributed by atoms with Gasteiger partial charge in [0.25, 0.3) is 0 Å². The number of benzene rings is 1. The highest BCUT2D eigenvalue weighted by atomic mass is 35.5. The summed E-state index contributed by atoms with van der Waals surface area (Å²) in [6, 6.07) is 6.53. The third-order valence-electron chi connectivity index (χ3n) is 2.48. The molecule has 19 heavy (non-hydrogen) atoms. The average molecular weight is 286 g/mol. The monoisotopic (exact) mass is 285 g/mol. The molecule has 7 heteroatoms. The van der Waals surface area contributed by atoms with Gasteiger partial charge in [0.15, 0.2) is 0 Å². The summed E-state index contributed by atoms with van der Waals surface area (Å²) in [5.74, 6) is 0. The van der Waals surface area contributed by atoms with Crippen LogP contribution in [0, 0.1) is 11.3 Å². The largest absolute Gasteiger partial charge is 0.419 e. The normalized spacial score (nSPS) is 11.3. The Kier molecular flexibility index (Phi) is 3.49. The topological polar surface area (TPSA) is 41.6 Å². The quantitative estimate of drug-likeness (QED) is 0.848. The Balaban J connectivity index is 2.22. The zero-order valence-corrected chi connectivity index (χ0v) is 10.2. The Morgan fingerprint density at radius 3 is 2.63 bits per heavy atom. The fourth-order valence-electron chi connectivity index (χ4n) is 1.52. The van der Waals surface area contributed by atoms with Gasteiger partial charge < -0.3 is 0 Å². The number of halogens is 4. The van der Waals surface area contributed by atoms with Crippen molar-refractivity contribution in [2.45, 2.75) is 12.7 Å². The molecule has 0 N–H and O–H groups in total. The lowest BCUT2D eigenvalue weighted by Gasteiger charge is -2.05. The van der Waals surface area contributed by atoms with Gasteiger partial charge in [-0.3, -0.25) is 4.68 Å². The van der Waals surface area contributed by atoms with Crippen LogP contribution in [-0.2, 0) is 12.7 Å². The third-order valence-corrected chi connectivity index (χ3v) is 2.83. The second kappa shape index (κ2) is 4.94. The predicted molar refractivity (Wildman–Crippen MR) is 62.5 cm³/mol. The van der Waals surface area contributed by atoms with Crippen molar-refractivity contribution in [3.8, 4) is 6.07 Å². The van der Waals surface area contributed by atoms with E-state index in [1.165, 1.54) is 6.07 Å². The molecule has 0 aliphatic rings. The molecule has 0 spiro atoms. The number of hydrogen-bond donors (Lipinski definition) is 0. The van der Waals surface area contributed by atoms with Crippen LogP contribution < -0.4 is 0 Å². The summed E-state index contributed by atoms with van der Waals surface area (Å²) < 4.78 is 38.4. The van der Waals surface area contributed by atoms with Crippen molar-refractivity contribution in [3.63, 3.8) is 0 Å². The molecule has 1 heterocycles. The number of rotatable bonds is 2. The van der Waals surface area contributed by atoms with Crippen molar-refractivity contribution in [1.82, 2.24) is 9.78 Å². The minimum absolute atomic E-state index is 0.112. The maximum absolute atomic E-state index is 12.4. The molecule has 2 rings (SSSR count). The molecule has 0 saturated carbocycles. The third kappa shape index (κ3) is 3.06. The van der Waals surface area contributed by atoms with Gasteiger partial charge in [-0.2, -0.15) is 23.5 Å². The first kappa shape index (κ1) is 13.4. The zero-order chi connectivity index (χ0) is 14.0. The lowest BCUT2D eigenvalue weighted by molar-refractivity contribution is -0.137. The van der Waals surface area contributed by atoms with E-state index >= 15 is 0 Å². The molecule has 0 aliphatic carbocycles. The first-order valence-corrected chi connectivity index (χ1v) is 5.56. The van der Waals surface area contributed by atoms with Crippen LogP contribution in [0.2, 0.25) is 5.02 Å². The Bertz CT molecular complexity index is 640. The molecule has 0 saturated heterocycles. The van der Waals surface area contributed by atoms with Gasteiger partial charge in [-0.05, 0) is 17.7 Å². The molecule has 0 unspecified atom stereocenters. The van der Waals surface area contributed by atoms with Crippen molar-refractivity contribution in [1.29, 1.82) is 5.26 Å². The SMILES string of the molecule is N#Cc1ccc(Cn2cc(C(F)(F)F)cn2)c(Cl)c1. The summed E-state index contributed by atoms with van der Waals surface area (Å²) in [4.78, 5) is 0. The van der Waals surface area contributed by atoms with E-state index in [1.54, 1.807) is 12.1 Å². The molecule has 0 amide bonds. The van der Waals surface area contributed by atoms with Crippen LogP contribution in [0.3, 0.4) is 0 Å². The smallest absolute Gasteiger partial charge is 0.268 e. The van der Waals surface area contributed by atoms with Crippen molar-refractivity contribution in [3.05, 3.63) is 52.3 Å². The summed E-state index contributed by atoms with van der Waals surface area (Å²) in [5, 5.41) is 12.6. The van der Waals surface area contributed by atoms with E-state index in [0.717, 1.165) is 17.1 Å². The van der Waals surface area contributed by atoms with Crippen LogP contribution in [0.25, 0.3) is 0 Å². The fourth-order valence-corrected chi connectivity index (χ4v) is 1.76. The maximum Gasteiger partial charge on any atom is 0.419 e. The van der Waals surface area contributed by atoms with Crippen LogP contribution in [0.15, 0.2) is 30.6 Å². The Morgan fingerprint density at radius 2 is 2.11 bits per heavy atom. The number of nitriles is 1. The number of hydrogen-bond acceptors (Lipinski definition) is 2. The first-order valence-electron chi connectivity index (χ1n) is 5.18. The van der Waals surface area contributed by atoms with Crippen molar-refractivity contribution in [2.24, 2.45) is 0 Å². The van der Waals surface area contributed by atoms with Gasteiger partial charge >= 0.3 is 6.18 Å². The summed E-state index contributed by atoms with van der Waals surface area (Å²) in [7, 11) is 0. The Labute approximate surface area is 111 Å². The highest BCUT2D eigenvalue weighted by molar-refractivity contribution is 6.31. The highest BCUT2D eigenvalue weighted by Crippen LogP contribution is 2.28. The van der Waals surface area contributed by atoms with E-state index in [2.05, 4.69) is 5.10 Å². The lowest BCUT2D eigenvalue weighted by atomic mass is 10.1. The minimum Gasteiger partial charge on any atom is -0.268 e. The molecule has 0 atom stereocenters. The maximum atomic E-state index is 12.4. The van der Waals surface area contributed by atoms with Crippen LogP contribution in [0.1, 0.15) is 16.7 Å². The molecule has 0 radical (unpaired) electrons. The predicted octanol–water partition coefficient (Wildman–Crippen LogP) is 3.48.